The summed E-state index contributed by atoms with van der Waals surface area (Å²) in [6.45, 7) is 7.37. The molecule has 3 atom stereocenters. The van der Waals surface area contributed by atoms with Gasteiger partial charge in [-0.05, 0) is 31.4 Å². The quantitative estimate of drug-likeness (QED) is 0.492. The van der Waals surface area contributed by atoms with Crippen molar-refractivity contribution >= 4 is 29.2 Å². The fraction of sp³-hybridized carbons (Fsp3) is 0.611. The lowest BCUT2D eigenvalue weighted by Gasteiger charge is -2.42. The van der Waals surface area contributed by atoms with Crippen LogP contribution in [0.1, 0.15) is 27.2 Å². The smallest absolute Gasteiger partial charge is 0.272 e. The van der Waals surface area contributed by atoms with Gasteiger partial charge in [-0.3, -0.25) is 14.8 Å². The Morgan fingerprint density at radius 3 is 2.59 bits per heavy atom. The molecule has 8 nitrogen and oxygen atoms in total. The maximum absolute atomic E-state index is 13.0. The first-order valence-corrected chi connectivity index (χ1v) is 9.41. The molecule has 1 aliphatic heterocycles. The summed E-state index contributed by atoms with van der Waals surface area (Å²) in [5.41, 5.74) is 1.43. The molecule has 27 heavy (non-hydrogen) atoms. The van der Waals surface area contributed by atoms with Crippen LogP contribution in [0.4, 0.5) is 5.82 Å². The third-order valence-corrected chi connectivity index (χ3v) is 4.97. The van der Waals surface area contributed by atoms with Crippen LogP contribution in [0.15, 0.2) is 18.3 Å². The largest absolute Gasteiger partial charge is 0.382 e. The van der Waals surface area contributed by atoms with Crippen LogP contribution in [0, 0.1) is 11.8 Å². The Morgan fingerprint density at radius 1 is 1.37 bits per heavy atom. The van der Waals surface area contributed by atoms with Crippen LogP contribution in [-0.2, 0) is 9.59 Å². The highest BCUT2D eigenvalue weighted by Gasteiger charge is 2.38. The van der Waals surface area contributed by atoms with Crippen molar-refractivity contribution in [2.75, 3.05) is 24.5 Å². The monoisotopic (exact) mass is 398 g/mol. The number of aliphatic hydroxyl groups excluding tert-OH is 1. The molecule has 1 fully saturated rings. The highest BCUT2D eigenvalue weighted by atomic mass is 35.5. The average molecular weight is 399 g/mol. The third-order valence-electron chi connectivity index (χ3n) is 4.75. The standard InChI is InChI=1S/C18H27ClN4O4/c1-11(2)8-14(16(24)17(25)21-27)18(26)23-7-6-22(10-12(23)3)15-5-4-13(19)9-20-15/h4-5,9,11-12,14,16,24,27H,6-8,10H2,1-3H3,(H,21,25)/t12-,14+,16+/m1/s1. The zero-order valence-electron chi connectivity index (χ0n) is 15.8. The SMILES string of the molecule is CC(C)C[C@H](C(=O)N1CCN(c2ccc(Cl)cn2)C[C@H]1C)[C@H](O)C(=O)NO. The number of rotatable bonds is 6. The van der Waals surface area contributed by atoms with Crippen LogP contribution < -0.4 is 10.4 Å². The number of amides is 2. The average Bonchev–Trinajstić information content (AvgIpc) is 2.64. The maximum Gasteiger partial charge on any atom is 0.272 e. The van der Waals surface area contributed by atoms with Gasteiger partial charge in [-0.15, -0.1) is 0 Å². The zero-order valence-corrected chi connectivity index (χ0v) is 16.6. The van der Waals surface area contributed by atoms with E-state index in [1.807, 2.05) is 26.8 Å². The van der Waals surface area contributed by atoms with E-state index in [1.165, 1.54) is 5.48 Å². The first kappa shape index (κ1) is 21.4. The highest BCUT2D eigenvalue weighted by molar-refractivity contribution is 6.30. The van der Waals surface area contributed by atoms with Gasteiger partial charge in [-0.2, -0.15) is 0 Å². The van der Waals surface area contributed by atoms with Gasteiger partial charge in [-0.25, -0.2) is 10.5 Å². The molecule has 2 amide bonds. The molecule has 9 heteroatoms. The van der Waals surface area contributed by atoms with E-state index in [0.717, 1.165) is 5.82 Å². The Balaban J connectivity index is 2.10. The number of pyridine rings is 1. The topological polar surface area (TPSA) is 106 Å². The van der Waals surface area contributed by atoms with Gasteiger partial charge in [-0.1, -0.05) is 25.4 Å². The predicted molar refractivity (Wildman–Crippen MR) is 102 cm³/mol. The minimum Gasteiger partial charge on any atom is -0.382 e. The van der Waals surface area contributed by atoms with Crippen molar-refractivity contribution in [2.45, 2.75) is 39.3 Å². The fourth-order valence-corrected chi connectivity index (χ4v) is 3.49. The van der Waals surface area contributed by atoms with Gasteiger partial charge in [0, 0.05) is 31.9 Å². The number of anilines is 1. The number of carbonyl (C=O) groups is 2. The number of nitrogens with one attached hydrogen (secondary N) is 1. The molecule has 150 valence electrons. The predicted octanol–water partition coefficient (Wildman–Crippen LogP) is 1.30. The van der Waals surface area contributed by atoms with E-state index in [2.05, 4.69) is 9.88 Å². The molecule has 1 saturated heterocycles. The lowest BCUT2D eigenvalue weighted by atomic mass is 9.89. The minimum atomic E-state index is -1.59. The second-order valence-corrected chi connectivity index (χ2v) is 7.75. The Morgan fingerprint density at radius 2 is 2.07 bits per heavy atom. The van der Waals surface area contributed by atoms with E-state index in [9.17, 15) is 14.7 Å². The van der Waals surface area contributed by atoms with E-state index < -0.39 is 17.9 Å². The van der Waals surface area contributed by atoms with E-state index in [0.29, 0.717) is 31.1 Å². The second kappa shape index (κ2) is 9.34. The summed E-state index contributed by atoms with van der Waals surface area (Å²) < 4.78 is 0. The molecule has 0 bridgehead atoms. The van der Waals surface area contributed by atoms with Gasteiger partial charge in [0.2, 0.25) is 5.91 Å². The van der Waals surface area contributed by atoms with Gasteiger partial charge in [0.1, 0.15) is 11.9 Å². The maximum atomic E-state index is 13.0. The molecule has 0 aromatic carbocycles. The van der Waals surface area contributed by atoms with Crippen molar-refractivity contribution in [2.24, 2.45) is 11.8 Å². The van der Waals surface area contributed by atoms with Crippen molar-refractivity contribution in [3.63, 3.8) is 0 Å². The number of hydrogen-bond donors (Lipinski definition) is 3. The van der Waals surface area contributed by atoms with E-state index in [-0.39, 0.29) is 17.9 Å². The van der Waals surface area contributed by atoms with E-state index in [1.54, 1.807) is 17.2 Å². The summed E-state index contributed by atoms with van der Waals surface area (Å²) in [5.74, 6) is -1.26. The van der Waals surface area contributed by atoms with Gasteiger partial charge in [0.25, 0.3) is 5.91 Å². The molecule has 1 aliphatic rings. The van der Waals surface area contributed by atoms with Crippen LogP contribution in [0.25, 0.3) is 0 Å². The molecule has 0 aliphatic carbocycles. The summed E-state index contributed by atoms with van der Waals surface area (Å²) in [6.07, 6.45) is 0.341. The molecule has 0 spiro atoms. The van der Waals surface area contributed by atoms with Gasteiger partial charge < -0.3 is 14.9 Å². The van der Waals surface area contributed by atoms with Crippen molar-refractivity contribution in [1.29, 1.82) is 0 Å². The minimum absolute atomic E-state index is 0.106. The summed E-state index contributed by atoms with van der Waals surface area (Å²) in [7, 11) is 0. The van der Waals surface area contributed by atoms with Crippen molar-refractivity contribution in [1.82, 2.24) is 15.4 Å². The summed E-state index contributed by atoms with van der Waals surface area (Å²) in [6, 6.07) is 3.49. The fourth-order valence-electron chi connectivity index (χ4n) is 3.38. The van der Waals surface area contributed by atoms with Gasteiger partial charge in [0.05, 0.1) is 10.9 Å². The second-order valence-electron chi connectivity index (χ2n) is 7.32. The van der Waals surface area contributed by atoms with Crippen molar-refractivity contribution in [3.8, 4) is 0 Å². The van der Waals surface area contributed by atoms with E-state index in [4.69, 9.17) is 16.8 Å². The van der Waals surface area contributed by atoms with Gasteiger partial charge in [0.15, 0.2) is 0 Å². The molecular formula is C18H27ClN4O4. The summed E-state index contributed by atoms with van der Waals surface area (Å²) >= 11 is 5.88. The molecule has 0 unspecified atom stereocenters. The Labute approximate surface area is 164 Å². The number of aliphatic hydroxyl groups is 1. The number of aromatic nitrogens is 1. The van der Waals surface area contributed by atoms with Crippen molar-refractivity contribution in [3.05, 3.63) is 23.4 Å². The lowest BCUT2D eigenvalue weighted by molar-refractivity contribution is -0.152. The molecule has 2 rings (SSSR count). The lowest BCUT2D eigenvalue weighted by Crippen LogP contribution is -2.57. The third kappa shape index (κ3) is 5.31. The van der Waals surface area contributed by atoms with Crippen LogP contribution >= 0.6 is 11.6 Å². The number of carbonyl (C=O) groups excluding carboxylic acids is 2. The molecule has 2 heterocycles. The Kier molecular flexibility index (Phi) is 7.41. The Hall–Kier alpha value is -1.90. The van der Waals surface area contributed by atoms with E-state index >= 15 is 0 Å². The van der Waals surface area contributed by atoms with Crippen LogP contribution in [0.5, 0.6) is 0 Å². The first-order chi connectivity index (χ1) is 12.7. The van der Waals surface area contributed by atoms with Crippen molar-refractivity contribution < 1.29 is 19.9 Å². The number of piperazine rings is 1. The molecular weight excluding hydrogens is 372 g/mol. The molecule has 0 saturated carbocycles. The summed E-state index contributed by atoms with van der Waals surface area (Å²) in [5, 5.41) is 19.6. The number of nitrogens with zero attached hydrogens (tertiary/aromatic N) is 3. The highest BCUT2D eigenvalue weighted by Crippen LogP contribution is 2.24. The summed E-state index contributed by atoms with van der Waals surface area (Å²) in [4.78, 5) is 32.8. The molecule has 0 radical (unpaired) electrons. The van der Waals surface area contributed by atoms with Crippen LogP contribution in [0.3, 0.4) is 0 Å². The van der Waals surface area contributed by atoms with Crippen LogP contribution in [0.2, 0.25) is 5.02 Å². The molecule has 3 N–H and O–H groups in total. The molecule has 1 aromatic rings. The number of halogens is 1. The van der Waals surface area contributed by atoms with Crippen LogP contribution in [-0.4, -0.2) is 63.8 Å². The normalized spacial score (nSPS) is 19.7. The molecule has 1 aromatic heterocycles. The number of hydroxylamine groups is 1. The first-order valence-electron chi connectivity index (χ1n) is 9.03. The van der Waals surface area contributed by atoms with Gasteiger partial charge >= 0.3 is 0 Å². The number of hydrogen-bond acceptors (Lipinski definition) is 6. The Bertz CT molecular complexity index is 655. The zero-order chi connectivity index (χ0) is 20.1.